The zero-order valence-electron chi connectivity index (χ0n) is 32.7. The maximum atomic E-state index is 13.8. The Morgan fingerprint density at radius 1 is 0.640 bits per heavy atom. The normalized spacial score (nSPS) is 22.3. The number of carbonyl (C=O) groups excluding carboxylic acids is 1. The fourth-order valence-corrected chi connectivity index (χ4v) is 7.37. The van der Waals surface area contributed by atoms with Crippen molar-refractivity contribution < 1.29 is 35.1 Å². The number of hydrogen-bond acceptors (Lipinski definition) is 7. The van der Waals surface area contributed by atoms with Gasteiger partial charge in [-0.3, -0.25) is 4.79 Å². The van der Waals surface area contributed by atoms with Crippen molar-refractivity contribution in [2.24, 2.45) is 5.92 Å². The van der Waals surface area contributed by atoms with Crippen LogP contribution in [0.3, 0.4) is 0 Å². The highest BCUT2D eigenvalue weighted by Gasteiger charge is 2.44. The lowest BCUT2D eigenvalue weighted by Gasteiger charge is -2.41. The minimum atomic E-state index is -1.48. The Kier molecular flexibility index (Phi) is 29.6. The van der Waals surface area contributed by atoms with Crippen LogP contribution in [0.4, 0.5) is 0 Å². The number of rotatable bonds is 33. The Morgan fingerprint density at radius 3 is 1.68 bits per heavy atom. The zero-order chi connectivity index (χ0) is 36.8. The van der Waals surface area contributed by atoms with E-state index in [1.165, 1.54) is 109 Å². The van der Waals surface area contributed by atoms with Crippen molar-refractivity contribution in [2.75, 3.05) is 19.7 Å². The van der Waals surface area contributed by atoms with E-state index in [0.717, 1.165) is 44.9 Å². The highest BCUT2D eigenvalue weighted by atomic mass is 16.5. The third-order valence-corrected chi connectivity index (χ3v) is 10.6. The van der Waals surface area contributed by atoms with Gasteiger partial charge < -0.3 is 35.2 Å². The zero-order valence-corrected chi connectivity index (χ0v) is 32.7. The molecule has 0 spiro atoms. The first kappa shape index (κ1) is 47.0. The third kappa shape index (κ3) is 22.1. The van der Waals surface area contributed by atoms with Gasteiger partial charge in [-0.1, -0.05) is 155 Å². The monoisotopic (exact) mass is 712 g/mol. The molecule has 1 rings (SSSR count). The Balaban J connectivity index is 2.64. The summed E-state index contributed by atoms with van der Waals surface area (Å²) in [5.41, 5.74) is 0. The number of amides is 1. The average molecular weight is 712 g/mol. The van der Waals surface area contributed by atoms with Gasteiger partial charge in [0.15, 0.2) is 0 Å². The summed E-state index contributed by atoms with van der Waals surface area (Å²) in [5, 5.41) is 51.5. The van der Waals surface area contributed by atoms with Gasteiger partial charge >= 0.3 is 0 Å². The van der Waals surface area contributed by atoms with Gasteiger partial charge in [-0.25, -0.2) is 0 Å². The summed E-state index contributed by atoms with van der Waals surface area (Å²) < 4.78 is 5.64. The number of unbranched alkanes of at least 4 members (excludes halogenated alkanes) is 18. The van der Waals surface area contributed by atoms with Crippen LogP contribution in [0.1, 0.15) is 188 Å². The lowest BCUT2D eigenvalue weighted by Crippen LogP contribution is -2.59. The molecule has 1 heterocycles. The van der Waals surface area contributed by atoms with Crippen molar-refractivity contribution in [1.29, 1.82) is 0 Å². The minimum absolute atomic E-state index is 0.0132. The lowest BCUT2D eigenvalue weighted by molar-refractivity contribution is -0.234. The Labute approximate surface area is 307 Å². The molecule has 8 nitrogen and oxygen atoms in total. The van der Waals surface area contributed by atoms with Gasteiger partial charge in [-0.15, -0.1) is 0 Å². The highest BCUT2D eigenvalue weighted by Crippen LogP contribution is 2.26. The molecule has 1 saturated heterocycles. The van der Waals surface area contributed by atoms with Crippen LogP contribution in [0.5, 0.6) is 0 Å². The van der Waals surface area contributed by atoms with Crippen LogP contribution >= 0.6 is 0 Å². The van der Waals surface area contributed by atoms with E-state index in [9.17, 15) is 30.3 Å². The summed E-state index contributed by atoms with van der Waals surface area (Å²) in [6.45, 7) is 6.84. The van der Waals surface area contributed by atoms with E-state index < -0.39 is 43.2 Å². The number of hydrogen-bond donors (Lipinski definition) is 5. The molecule has 7 atom stereocenters. The lowest BCUT2D eigenvalue weighted by atomic mass is 9.91. The summed E-state index contributed by atoms with van der Waals surface area (Å²) in [7, 11) is 0. The summed E-state index contributed by atoms with van der Waals surface area (Å²) in [6.07, 6.45) is 27.1. The Hall–Kier alpha value is -1.03. The van der Waals surface area contributed by atoms with Crippen molar-refractivity contribution in [1.82, 2.24) is 4.90 Å². The van der Waals surface area contributed by atoms with Crippen LogP contribution in [-0.4, -0.2) is 92.7 Å². The Morgan fingerprint density at radius 2 is 1.14 bits per heavy atom. The summed E-state index contributed by atoms with van der Waals surface area (Å²) >= 11 is 0. The van der Waals surface area contributed by atoms with E-state index in [0.29, 0.717) is 18.9 Å². The fraction of sp³-hybridized carbons (Fsp3) is 0.929. The molecule has 0 aromatic rings. The molecule has 1 amide bonds. The molecule has 0 bridgehead atoms. The molecule has 5 N–H and O–H groups in total. The summed E-state index contributed by atoms with van der Waals surface area (Å²) in [6, 6.07) is 0. The quantitative estimate of drug-likeness (QED) is 0.0341. The second-order valence-electron chi connectivity index (χ2n) is 15.3. The van der Waals surface area contributed by atoms with Gasteiger partial charge in [-0.2, -0.15) is 0 Å². The van der Waals surface area contributed by atoms with E-state index in [1.54, 1.807) is 4.90 Å². The van der Waals surface area contributed by atoms with Crippen LogP contribution in [0.15, 0.2) is 12.2 Å². The van der Waals surface area contributed by atoms with Crippen LogP contribution in [-0.2, 0) is 9.53 Å². The molecule has 3 unspecified atom stereocenters. The largest absolute Gasteiger partial charge is 0.394 e. The summed E-state index contributed by atoms with van der Waals surface area (Å²) in [4.78, 5) is 15.5. The standard InChI is InChI=1S/C42H81NO7/c1-4-7-9-11-13-15-17-19-21-23-25-27-30-43(33-36(45)32-37-40(47)42(49)41(48)38(34-44)50-37)39(46)31-35(28-6-3)29-26-24-22-20-18-16-14-12-10-8-5-2/h21,23,35-38,40-42,44-45,47-49H,4-20,22,24-34H2,1-3H3/t35?,36?,37?,38-,40+,41-,42-/m1/s1. The molecule has 296 valence electrons. The van der Waals surface area contributed by atoms with Gasteiger partial charge in [0.2, 0.25) is 5.91 Å². The predicted molar refractivity (Wildman–Crippen MR) is 206 cm³/mol. The summed E-state index contributed by atoms with van der Waals surface area (Å²) in [5.74, 6) is 0.393. The number of carbonyl (C=O) groups is 1. The first-order chi connectivity index (χ1) is 24.3. The molecule has 0 aromatic heterocycles. The fourth-order valence-electron chi connectivity index (χ4n) is 7.37. The first-order valence-electron chi connectivity index (χ1n) is 21.2. The molecule has 50 heavy (non-hydrogen) atoms. The SMILES string of the molecule is CCCCCCCCCC=CCCCN(CC(O)CC1O[C@H](CO)[C@@H](O)[C@H](O)[C@H]1O)C(=O)CC(CCC)CCCCCCCCCCCCC. The average Bonchev–Trinajstić information content (AvgIpc) is 3.10. The molecule has 1 fully saturated rings. The van der Waals surface area contributed by atoms with E-state index in [1.807, 2.05) is 0 Å². The topological polar surface area (TPSA) is 131 Å². The van der Waals surface area contributed by atoms with Crippen molar-refractivity contribution in [3.63, 3.8) is 0 Å². The molecule has 8 heteroatoms. The predicted octanol–water partition coefficient (Wildman–Crippen LogP) is 8.39. The molecular formula is C42H81NO7. The number of nitrogens with zero attached hydrogens (tertiary/aromatic N) is 1. The van der Waals surface area contributed by atoms with Gasteiger partial charge in [-0.05, 0) is 38.0 Å². The van der Waals surface area contributed by atoms with Crippen molar-refractivity contribution >= 4 is 5.91 Å². The van der Waals surface area contributed by atoms with Crippen LogP contribution in [0.25, 0.3) is 0 Å². The minimum Gasteiger partial charge on any atom is -0.394 e. The van der Waals surface area contributed by atoms with E-state index in [2.05, 4.69) is 32.9 Å². The van der Waals surface area contributed by atoms with E-state index in [4.69, 9.17) is 4.74 Å². The highest BCUT2D eigenvalue weighted by molar-refractivity contribution is 5.76. The number of ether oxygens (including phenoxy) is 1. The maximum absolute atomic E-state index is 13.8. The molecule has 0 saturated carbocycles. The van der Waals surface area contributed by atoms with E-state index >= 15 is 0 Å². The second kappa shape index (κ2) is 31.5. The first-order valence-corrected chi connectivity index (χ1v) is 21.2. The van der Waals surface area contributed by atoms with Gasteiger partial charge in [0.25, 0.3) is 0 Å². The molecule has 0 radical (unpaired) electrons. The molecule has 1 aliphatic heterocycles. The third-order valence-electron chi connectivity index (χ3n) is 10.6. The van der Waals surface area contributed by atoms with E-state index in [-0.39, 0.29) is 18.9 Å². The Bertz CT molecular complexity index is 809. The van der Waals surface area contributed by atoms with Gasteiger partial charge in [0, 0.05) is 25.9 Å². The van der Waals surface area contributed by atoms with Crippen LogP contribution < -0.4 is 0 Å². The van der Waals surface area contributed by atoms with Crippen molar-refractivity contribution in [3.05, 3.63) is 12.2 Å². The molecule has 1 aliphatic rings. The molecular weight excluding hydrogens is 630 g/mol. The van der Waals surface area contributed by atoms with Crippen molar-refractivity contribution in [3.8, 4) is 0 Å². The smallest absolute Gasteiger partial charge is 0.222 e. The second-order valence-corrected chi connectivity index (χ2v) is 15.3. The number of allylic oxidation sites excluding steroid dienone is 2. The van der Waals surface area contributed by atoms with Crippen LogP contribution in [0.2, 0.25) is 0 Å². The molecule has 0 aliphatic carbocycles. The number of aliphatic hydroxyl groups is 5. The van der Waals surface area contributed by atoms with Crippen molar-refractivity contribution in [2.45, 2.75) is 224 Å². The van der Waals surface area contributed by atoms with Gasteiger partial charge in [0.1, 0.15) is 24.4 Å². The molecule has 0 aromatic carbocycles. The maximum Gasteiger partial charge on any atom is 0.222 e. The van der Waals surface area contributed by atoms with Gasteiger partial charge in [0.05, 0.1) is 18.8 Å². The van der Waals surface area contributed by atoms with Crippen LogP contribution in [0, 0.1) is 5.92 Å². The number of aliphatic hydroxyl groups excluding tert-OH is 5.